The average molecular weight is 291 g/mol. The number of aryl methyl sites for hydroxylation is 1. The van der Waals surface area contributed by atoms with Gasteiger partial charge in [0.15, 0.2) is 0 Å². The van der Waals surface area contributed by atoms with Gasteiger partial charge >= 0.3 is 0 Å². The van der Waals surface area contributed by atoms with Crippen molar-refractivity contribution in [1.29, 1.82) is 0 Å². The number of carbonyl (C=O) groups is 1. The van der Waals surface area contributed by atoms with Gasteiger partial charge < -0.3 is 10.6 Å². The Hall–Kier alpha value is -1.95. The fourth-order valence-corrected chi connectivity index (χ4v) is 2.97. The van der Waals surface area contributed by atoms with E-state index in [4.69, 9.17) is 5.73 Å². The molecule has 2 unspecified atom stereocenters. The second kappa shape index (κ2) is 6.22. The van der Waals surface area contributed by atoms with Crippen molar-refractivity contribution in [3.63, 3.8) is 0 Å². The molecule has 1 aliphatic heterocycles. The van der Waals surface area contributed by atoms with Crippen molar-refractivity contribution in [1.82, 2.24) is 4.90 Å². The molecule has 0 aromatic heterocycles. The average Bonchev–Trinajstić information content (AvgIpc) is 2.46. The SMILES string of the molecule is Cc1ccc(C(=O)N2C(C)CCCC2CN)cc1[N+](=O)[O-]. The first-order chi connectivity index (χ1) is 9.95. The number of carbonyl (C=O) groups excluding carboxylic acids is 1. The van der Waals surface area contributed by atoms with Gasteiger partial charge in [0.2, 0.25) is 0 Å². The summed E-state index contributed by atoms with van der Waals surface area (Å²) in [4.78, 5) is 25.1. The first-order valence-electron chi connectivity index (χ1n) is 7.23. The largest absolute Gasteiger partial charge is 0.332 e. The van der Waals surface area contributed by atoms with Crippen LogP contribution in [0.1, 0.15) is 42.1 Å². The van der Waals surface area contributed by atoms with E-state index in [1.807, 2.05) is 6.92 Å². The number of nitrogens with zero attached hydrogens (tertiary/aromatic N) is 2. The molecular formula is C15H21N3O3. The quantitative estimate of drug-likeness (QED) is 0.683. The molecule has 1 saturated heterocycles. The van der Waals surface area contributed by atoms with E-state index in [1.165, 1.54) is 6.07 Å². The minimum absolute atomic E-state index is 0.0154. The number of piperidine rings is 1. The number of nitrogens with two attached hydrogens (primary N) is 1. The molecule has 2 atom stereocenters. The maximum absolute atomic E-state index is 12.7. The summed E-state index contributed by atoms with van der Waals surface area (Å²) in [5.41, 5.74) is 6.67. The highest BCUT2D eigenvalue weighted by Crippen LogP contribution is 2.26. The Morgan fingerprint density at radius 2 is 2.19 bits per heavy atom. The van der Waals surface area contributed by atoms with Crippen molar-refractivity contribution in [3.05, 3.63) is 39.4 Å². The van der Waals surface area contributed by atoms with Crippen LogP contribution in [0.4, 0.5) is 5.69 Å². The second-order valence-electron chi connectivity index (χ2n) is 5.64. The lowest BCUT2D eigenvalue weighted by Gasteiger charge is -2.40. The fourth-order valence-electron chi connectivity index (χ4n) is 2.97. The molecule has 1 aliphatic rings. The van der Waals surface area contributed by atoms with Crippen molar-refractivity contribution in [2.45, 2.75) is 45.2 Å². The third-order valence-corrected chi connectivity index (χ3v) is 4.19. The number of likely N-dealkylation sites (tertiary alicyclic amines) is 1. The van der Waals surface area contributed by atoms with E-state index in [9.17, 15) is 14.9 Å². The molecule has 114 valence electrons. The monoisotopic (exact) mass is 291 g/mol. The molecule has 0 radical (unpaired) electrons. The Bertz CT molecular complexity index is 559. The van der Waals surface area contributed by atoms with Crippen LogP contribution >= 0.6 is 0 Å². The Morgan fingerprint density at radius 1 is 1.48 bits per heavy atom. The highest BCUT2D eigenvalue weighted by molar-refractivity contribution is 5.95. The summed E-state index contributed by atoms with van der Waals surface area (Å²) in [5, 5.41) is 11.0. The molecule has 1 aromatic rings. The predicted octanol–water partition coefficient (Wildman–Crippen LogP) is 2.25. The zero-order valence-corrected chi connectivity index (χ0v) is 12.4. The molecule has 1 amide bonds. The Morgan fingerprint density at radius 3 is 2.81 bits per heavy atom. The van der Waals surface area contributed by atoms with E-state index in [-0.39, 0.29) is 23.7 Å². The summed E-state index contributed by atoms with van der Waals surface area (Å²) in [6.45, 7) is 4.09. The van der Waals surface area contributed by atoms with E-state index in [1.54, 1.807) is 24.0 Å². The van der Waals surface area contributed by atoms with E-state index < -0.39 is 4.92 Å². The molecule has 0 aliphatic carbocycles. The molecule has 0 saturated carbocycles. The van der Waals surface area contributed by atoms with Crippen LogP contribution in [0.2, 0.25) is 0 Å². The van der Waals surface area contributed by atoms with Gasteiger partial charge in [0.1, 0.15) is 0 Å². The Balaban J connectivity index is 2.34. The van der Waals surface area contributed by atoms with Gasteiger partial charge in [-0.15, -0.1) is 0 Å². The second-order valence-corrected chi connectivity index (χ2v) is 5.64. The number of amides is 1. The maximum Gasteiger partial charge on any atom is 0.273 e. The van der Waals surface area contributed by atoms with Crippen molar-refractivity contribution in [2.24, 2.45) is 5.73 Å². The first kappa shape index (κ1) is 15.4. The molecule has 1 fully saturated rings. The topological polar surface area (TPSA) is 89.5 Å². The Kier molecular flexibility index (Phi) is 4.57. The summed E-state index contributed by atoms with van der Waals surface area (Å²) in [6, 6.07) is 4.77. The molecule has 0 spiro atoms. The van der Waals surface area contributed by atoms with Crippen LogP contribution in [0.5, 0.6) is 0 Å². The van der Waals surface area contributed by atoms with E-state index in [0.29, 0.717) is 17.7 Å². The van der Waals surface area contributed by atoms with Crippen LogP contribution in [0.25, 0.3) is 0 Å². The molecule has 2 rings (SSSR count). The summed E-state index contributed by atoms with van der Waals surface area (Å²) < 4.78 is 0. The fraction of sp³-hybridized carbons (Fsp3) is 0.533. The van der Waals surface area contributed by atoms with Crippen LogP contribution in [-0.2, 0) is 0 Å². The van der Waals surface area contributed by atoms with Crippen LogP contribution < -0.4 is 5.73 Å². The maximum atomic E-state index is 12.7. The van der Waals surface area contributed by atoms with Gasteiger partial charge in [0.25, 0.3) is 11.6 Å². The molecule has 6 nitrogen and oxygen atoms in total. The zero-order valence-electron chi connectivity index (χ0n) is 12.4. The van der Waals surface area contributed by atoms with Gasteiger partial charge in [-0.1, -0.05) is 6.07 Å². The number of hydrogen-bond donors (Lipinski definition) is 1. The smallest absolute Gasteiger partial charge is 0.273 e. The number of benzene rings is 1. The highest BCUT2D eigenvalue weighted by Gasteiger charge is 2.32. The summed E-state index contributed by atoms with van der Waals surface area (Å²) in [6.07, 6.45) is 2.89. The minimum atomic E-state index is -0.452. The standard InChI is InChI=1S/C15H21N3O3/c1-10-6-7-12(8-14(10)18(20)21)15(19)17-11(2)4-3-5-13(17)9-16/h6-8,11,13H,3-5,9,16H2,1-2H3. The molecule has 2 N–H and O–H groups in total. The summed E-state index contributed by atoms with van der Waals surface area (Å²) in [5.74, 6) is -0.166. The van der Waals surface area contributed by atoms with Gasteiger partial charge in [-0.3, -0.25) is 14.9 Å². The van der Waals surface area contributed by atoms with Crippen molar-refractivity contribution in [3.8, 4) is 0 Å². The zero-order chi connectivity index (χ0) is 15.6. The van der Waals surface area contributed by atoms with Gasteiger partial charge in [0, 0.05) is 35.8 Å². The highest BCUT2D eigenvalue weighted by atomic mass is 16.6. The van der Waals surface area contributed by atoms with Crippen LogP contribution in [0, 0.1) is 17.0 Å². The normalized spacial score (nSPS) is 22.1. The van der Waals surface area contributed by atoms with Gasteiger partial charge in [-0.25, -0.2) is 0 Å². The van der Waals surface area contributed by atoms with Crippen LogP contribution in [0.15, 0.2) is 18.2 Å². The Labute approximate surface area is 124 Å². The molecule has 1 heterocycles. The lowest BCUT2D eigenvalue weighted by atomic mass is 9.95. The van der Waals surface area contributed by atoms with Gasteiger partial charge in [-0.2, -0.15) is 0 Å². The van der Waals surface area contributed by atoms with E-state index in [0.717, 1.165) is 19.3 Å². The van der Waals surface area contributed by atoms with Crippen LogP contribution in [-0.4, -0.2) is 34.4 Å². The van der Waals surface area contributed by atoms with Crippen molar-refractivity contribution < 1.29 is 9.72 Å². The summed E-state index contributed by atoms with van der Waals surface area (Å²) in [7, 11) is 0. The molecular weight excluding hydrogens is 270 g/mol. The number of nitro benzene ring substituents is 1. The number of nitro groups is 1. The third-order valence-electron chi connectivity index (χ3n) is 4.19. The lowest BCUT2D eigenvalue weighted by Crippen LogP contribution is -2.51. The third kappa shape index (κ3) is 3.05. The van der Waals surface area contributed by atoms with Gasteiger partial charge in [-0.05, 0) is 39.2 Å². The molecule has 1 aromatic carbocycles. The van der Waals surface area contributed by atoms with Crippen molar-refractivity contribution in [2.75, 3.05) is 6.54 Å². The molecule has 21 heavy (non-hydrogen) atoms. The minimum Gasteiger partial charge on any atom is -0.332 e. The summed E-state index contributed by atoms with van der Waals surface area (Å²) >= 11 is 0. The first-order valence-corrected chi connectivity index (χ1v) is 7.23. The van der Waals surface area contributed by atoms with E-state index in [2.05, 4.69) is 0 Å². The van der Waals surface area contributed by atoms with Crippen LogP contribution in [0.3, 0.4) is 0 Å². The van der Waals surface area contributed by atoms with Crippen molar-refractivity contribution >= 4 is 11.6 Å². The molecule has 6 heteroatoms. The number of hydrogen-bond acceptors (Lipinski definition) is 4. The number of rotatable bonds is 3. The van der Waals surface area contributed by atoms with E-state index >= 15 is 0 Å². The molecule has 0 bridgehead atoms. The predicted molar refractivity (Wildman–Crippen MR) is 80.2 cm³/mol. The lowest BCUT2D eigenvalue weighted by molar-refractivity contribution is -0.385. The van der Waals surface area contributed by atoms with Gasteiger partial charge in [0.05, 0.1) is 4.92 Å².